The highest BCUT2D eigenvalue weighted by Gasteiger charge is 2.21. The molecule has 0 amide bonds. The third-order valence-electron chi connectivity index (χ3n) is 5.78. The Morgan fingerprint density at radius 2 is 1.67 bits per heavy atom. The quantitative estimate of drug-likeness (QED) is 0.328. The molecule has 0 fully saturated rings. The van der Waals surface area contributed by atoms with E-state index in [0.717, 1.165) is 39.6 Å². The minimum atomic E-state index is -0.373. The van der Waals surface area contributed by atoms with Crippen molar-refractivity contribution in [3.05, 3.63) is 107 Å². The summed E-state index contributed by atoms with van der Waals surface area (Å²) < 4.78 is 6.77. The van der Waals surface area contributed by atoms with Gasteiger partial charge in [-0.15, -0.1) is 0 Å². The maximum atomic E-state index is 12.0. The molecule has 0 aliphatic heterocycles. The van der Waals surface area contributed by atoms with Crippen molar-refractivity contribution in [2.75, 3.05) is 7.11 Å². The molecule has 0 unspecified atom stereocenters. The van der Waals surface area contributed by atoms with Crippen molar-refractivity contribution in [2.45, 2.75) is 26.8 Å². The third kappa shape index (κ3) is 4.70. The maximum Gasteiger partial charge on any atom is 0.337 e. The third-order valence-corrected chi connectivity index (χ3v) is 5.78. The molecule has 3 aromatic carbocycles. The summed E-state index contributed by atoms with van der Waals surface area (Å²) in [5.41, 5.74) is 5.28. The second kappa shape index (κ2) is 9.78. The molecule has 0 saturated carbocycles. The molecule has 33 heavy (non-hydrogen) atoms. The summed E-state index contributed by atoms with van der Waals surface area (Å²) in [6, 6.07) is 25.6. The van der Waals surface area contributed by atoms with E-state index in [2.05, 4.69) is 38.1 Å². The topological polar surface area (TPSA) is 51.5 Å². The van der Waals surface area contributed by atoms with Gasteiger partial charge in [-0.1, -0.05) is 80.6 Å². The number of aromatic hydroxyl groups is 1. The molecule has 0 spiro atoms. The van der Waals surface area contributed by atoms with Crippen LogP contribution in [0.3, 0.4) is 0 Å². The Labute approximate surface area is 194 Å². The summed E-state index contributed by atoms with van der Waals surface area (Å²) in [5, 5.41) is 12.5. The Bertz CT molecular complexity index is 1300. The number of carbonyl (C=O) groups excluding carboxylic acids is 1. The lowest BCUT2D eigenvalue weighted by Gasteiger charge is -2.11. The van der Waals surface area contributed by atoms with Crippen molar-refractivity contribution in [1.29, 1.82) is 0 Å². The number of methoxy groups -OCH3 is 1. The number of nitrogens with zero attached hydrogens (tertiary/aromatic N) is 1. The first-order valence-corrected chi connectivity index (χ1v) is 11.2. The van der Waals surface area contributed by atoms with Crippen LogP contribution in [0.15, 0.2) is 84.9 Å². The van der Waals surface area contributed by atoms with Crippen molar-refractivity contribution in [2.24, 2.45) is 5.92 Å². The molecule has 0 bridgehead atoms. The number of ether oxygens (including phenoxy) is 1. The van der Waals surface area contributed by atoms with E-state index >= 15 is 0 Å². The van der Waals surface area contributed by atoms with Crippen molar-refractivity contribution >= 4 is 22.4 Å². The number of aromatic nitrogens is 1. The van der Waals surface area contributed by atoms with Gasteiger partial charge in [0.15, 0.2) is 0 Å². The fraction of sp³-hybridized carbons (Fsp3) is 0.207. The normalized spacial score (nSPS) is 11.8. The SMILES string of the molecule is COC(=O)c1cccc(Cn2c(O)c(C(=CCC(C)C)c3ccccc3)c3ccccc32)c1. The number of allylic oxidation sites excluding steroid dienone is 1. The van der Waals surface area contributed by atoms with E-state index in [-0.39, 0.29) is 11.8 Å². The molecule has 1 N–H and O–H groups in total. The Balaban J connectivity index is 1.87. The minimum Gasteiger partial charge on any atom is -0.494 e. The molecule has 1 aromatic heterocycles. The first-order valence-electron chi connectivity index (χ1n) is 11.2. The number of carbonyl (C=O) groups is 1. The molecule has 4 aromatic rings. The van der Waals surface area contributed by atoms with E-state index in [0.29, 0.717) is 18.0 Å². The van der Waals surface area contributed by atoms with Gasteiger partial charge in [0.25, 0.3) is 0 Å². The van der Waals surface area contributed by atoms with Gasteiger partial charge in [0.1, 0.15) is 0 Å². The van der Waals surface area contributed by atoms with E-state index in [4.69, 9.17) is 4.74 Å². The second-order valence-electron chi connectivity index (χ2n) is 8.61. The summed E-state index contributed by atoms with van der Waals surface area (Å²) >= 11 is 0. The molecule has 168 valence electrons. The molecule has 0 saturated heterocycles. The van der Waals surface area contributed by atoms with Gasteiger partial charge in [-0.3, -0.25) is 0 Å². The number of benzene rings is 3. The van der Waals surface area contributed by atoms with E-state index in [1.165, 1.54) is 7.11 Å². The highest BCUT2D eigenvalue weighted by molar-refractivity contribution is 6.00. The van der Waals surface area contributed by atoms with E-state index < -0.39 is 0 Å². The molecule has 4 rings (SSSR count). The zero-order valence-electron chi connectivity index (χ0n) is 19.3. The van der Waals surface area contributed by atoms with Crippen LogP contribution in [0.1, 0.15) is 47.3 Å². The van der Waals surface area contributed by atoms with Crippen LogP contribution in [0.4, 0.5) is 0 Å². The summed E-state index contributed by atoms with van der Waals surface area (Å²) in [6.45, 7) is 4.82. The molecular weight excluding hydrogens is 410 g/mol. The van der Waals surface area contributed by atoms with Crippen LogP contribution in [0, 0.1) is 5.92 Å². The number of esters is 1. The molecule has 0 aliphatic rings. The smallest absolute Gasteiger partial charge is 0.337 e. The van der Waals surface area contributed by atoms with Gasteiger partial charge in [0.05, 0.1) is 30.3 Å². The van der Waals surface area contributed by atoms with Crippen LogP contribution in [-0.2, 0) is 11.3 Å². The van der Waals surface area contributed by atoms with Gasteiger partial charge in [-0.2, -0.15) is 0 Å². The van der Waals surface area contributed by atoms with E-state index in [9.17, 15) is 9.90 Å². The fourth-order valence-electron chi connectivity index (χ4n) is 4.15. The second-order valence-corrected chi connectivity index (χ2v) is 8.61. The maximum absolute atomic E-state index is 12.0. The molecular formula is C29H29NO3. The van der Waals surface area contributed by atoms with E-state index in [1.807, 2.05) is 59.2 Å². The lowest BCUT2D eigenvalue weighted by Crippen LogP contribution is -2.04. The summed E-state index contributed by atoms with van der Waals surface area (Å²) in [5.74, 6) is 0.348. The van der Waals surface area contributed by atoms with Gasteiger partial charge < -0.3 is 14.4 Å². The van der Waals surface area contributed by atoms with Gasteiger partial charge in [0, 0.05) is 5.39 Å². The molecule has 1 heterocycles. The molecule has 0 aliphatic carbocycles. The average Bonchev–Trinajstić information content (AvgIpc) is 3.11. The molecule has 4 heteroatoms. The lowest BCUT2D eigenvalue weighted by atomic mass is 9.94. The van der Waals surface area contributed by atoms with Crippen molar-refractivity contribution < 1.29 is 14.6 Å². The zero-order chi connectivity index (χ0) is 23.4. The van der Waals surface area contributed by atoms with Crippen LogP contribution in [-0.4, -0.2) is 22.8 Å². The fourth-order valence-corrected chi connectivity index (χ4v) is 4.15. The largest absolute Gasteiger partial charge is 0.494 e. The minimum absolute atomic E-state index is 0.221. The van der Waals surface area contributed by atoms with Crippen LogP contribution in [0.25, 0.3) is 16.5 Å². The predicted molar refractivity (Wildman–Crippen MR) is 133 cm³/mol. The lowest BCUT2D eigenvalue weighted by molar-refractivity contribution is 0.0600. The van der Waals surface area contributed by atoms with Crippen molar-refractivity contribution in [3.63, 3.8) is 0 Å². The molecule has 0 radical (unpaired) electrons. The van der Waals surface area contributed by atoms with Crippen LogP contribution in [0.2, 0.25) is 0 Å². The van der Waals surface area contributed by atoms with Crippen LogP contribution >= 0.6 is 0 Å². The molecule has 0 atom stereocenters. The van der Waals surface area contributed by atoms with Gasteiger partial charge in [-0.25, -0.2) is 4.79 Å². The number of fused-ring (bicyclic) bond motifs is 1. The molecule has 4 nitrogen and oxygen atoms in total. The Morgan fingerprint density at radius 1 is 0.970 bits per heavy atom. The van der Waals surface area contributed by atoms with Crippen LogP contribution in [0.5, 0.6) is 5.88 Å². The summed E-state index contributed by atoms with van der Waals surface area (Å²) in [4.78, 5) is 12.0. The summed E-state index contributed by atoms with van der Waals surface area (Å²) in [6.07, 6.45) is 3.13. The van der Waals surface area contributed by atoms with Crippen molar-refractivity contribution in [3.8, 4) is 5.88 Å². The predicted octanol–water partition coefficient (Wildman–Crippen LogP) is 6.66. The number of para-hydroxylation sites is 1. The standard InChI is InChI=1S/C29H29NO3/c1-20(2)16-17-24(22-11-5-4-6-12-22)27-25-14-7-8-15-26(25)30(28(27)31)19-21-10-9-13-23(18-21)29(32)33-3/h4-15,17-18,20,31H,16,19H2,1-3H3. The Kier molecular flexibility index (Phi) is 6.64. The average molecular weight is 440 g/mol. The van der Waals surface area contributed by atoms with Gasteiger partial charge >= 0.3 is 5.97 Å². The Hall–Kier alpha value is -3.79. The van der Waals surface area contributed by atoms with Crippen LogP contribution < -0.4 is 0 Å². The van der Waals surface area contributed by atoms with Gasteiger partial charge in [-0.05, 0) is 47.2 Å². The monoisotopic (exact) mass is 439 g/mol. The van der Waals surface area contributed by atoms with E-state index in [1.54, 1.807) is 6.07 Å². The number of rotatable bonds is 7. The first-order chi connectivity index (χ1) is 16.0. The van der Waals surface area contributed by atoms with Gasteiger partial charge in [0.2, 0.25) is 5.88 Å². The summed E-state index contributed by atoms with van der Waals surface area (Å²) in [7, 11) is 1.38. The first kappa shape index (κ1) is 22.4. The zero-order valence-corrected chi connectivity index (χ0v) is 19.3. The number of hydrogen-bond acceptors (Lipinski definition) is 3. The van der Waals surface area contributed by atoms with Crippen molar-refractivity contribution in [1.82, 2.24) is 4.57 Å². The highest BCUT2D eigenvalue weighted by Crippen LogP contribution is 2.40. The number of hydrogen-bond donors (Lipinski definition) is 1. The Morgan fingerprint density at radius 3 is 2.39 bits per heavy atom. The highest BCUT2D eigenvalue weighted by atomic mass is 16.5.